The molecule has 0 atom stereocenters. The minimum Gasteiger partial charge on any atom is -0.457 e. The van der Waals surface area contributed by atoms with E-state index in [1.54, 1.807) is 37.3 Å². The van der Waals surface area contributed by atoms with Crippen LogP contribution < -0.4 is 10.5 Å². The van der Waals surface area contributed by atoms with Crippen LogP contribution in [0.2, 0.25) is 0 Å². The van der Waals surface area contributed by atoms with Gasteiger partial charge in [0.1, 0.15) is 22.3 Å². The van der Waals surface area contributed by atoms with Gasteiger partial charge in [0, 0.05) is 10.0 Å². The summed E-state index contributed by atoms with van der Waals surface area (Å²) in [6.07, 6.45) is 0. The van der Waals surface area contributed by atoms with E-state index in [1.807, 2.05) is 0 Å². The summed E-state index contributed by atoms with van der Waals surface area (Å²) in [5, 5.41) is 0. The zero-order chi connectivity index (χ0) is 14.0. The third kappa shape index (κ3) is 3.30. The lowest BCUT2D eigenvalue weighted by Gasteiger charge is -2.09. The van der Waals surface area contributed by atoms with Crippen molar-refractivity contribution >= 4 is 33.1 Å². The van der Waals surface area contributed by atoms with Gasteiger partial charge in [-0.05, 0) is 64.8 Å². The second-order valence-corrected chi connectivity index (χ2v) is 5.31. The Bertz CT molecular complexity index is 645. The maximum atomic E-state index is 13.2. The Morgan fingerprint density at radius 2 is 1.84 bits per heavy atom. The zero-order valence-electron chi connectivity index (χ0n) is 10.1. The third-order valence-corrected chi connectivity index (χ3v) is 3.45. The predicted octanol–water partition coefficient (Wildman–Crippen LogP) is 4.32. The van der Waals surface area contributed by atoms with Crippen molar-refractivity contribution in [3.63, 3.8) is 0 Å². The summed E-state index contributed by atoms with van der Waals surface area (Å²) in [4.78, 5) is 0.316. The van der Waals surface area contributed by atoms with Gasteiger partial charge in [0.15, 0.2) is 0 Å². The molecule has 19 heavy (non-hydrogen) atoms. The summed E-state index contributed by atoms with van der Waals surface area (Å²) in [6.45, 7) is 1.69. The number of nitrogens with two attached hydrogens (primary N) is 1. The summed E-state index contributed by atoms with van der Waals surface area (Å²) in [5.74, 6) is 0.948. The number of rotatable bonds is 3. The van der Waals surface area contributed by atoms with E-state index in [9.17, 15) is 4.39 Å². The highest BCUT2D eigenvalue weighted by molar-refractivity contribution is 9.10. The van der Waals surface area contributed by atoms with Gasteiger partial charge in [-0.2, -0.15) is 0 Å². The lowest BCUT2D eigenvalue weighted by molar-refractivity contribution is 0.479. The molecule has 2 N–H and O–H groups in total. The molecular weight excluding hydrogens is 329 g/mol. The summed E-state index contributed by atoms with van der Waals surface area (Å²) in [5.41, 5.74) is 6.86. The molecule has 0 aliphatic carbocycles. The minimum absolute atomic E-state index is 0.252. The molecule has 2 aromatic carbocycles. The van der Waals surface area contributed by atoms with Crippen LogP contribution >= 0.6 is 28.1 Å². The van der Waals surface area contributed by atoms with Crippen LogP contribution in [0.4, 0.5) is 4.39 Å². The Hall–Kier alpha value is -1.46. The lowest BCUT2D eigenvalue weighted by Crippen LogP contribution is -2.09. The molecule has 2 nitrogen and oxygen atoms in total. The molecule has 2 rings (SSSR count). The van der Waals surface area contributed by atoms with Crippen LogP contribution in [0.25, 0.3) is 0 Å². The number of hydrogen-bond acceptors (Lipinski definition) is 2. The van der Waals surface area contributed by atoms with Gasteiger partial charge in [0.2, 0.25) is 0 Å². The van der Waals surface area contributed by atoms with Crippen LogP contribution in [-0.2, 0) is 0 Å². The van der Waals surface area contributed by atoms with Crippen molar-refractivity contribution in [1.29, 1.82) is 0 Å². The molecule has 0 fully saturated rings. The normalized spacial score (nSPS) is 10.3. The molecule has 0 spiro atoms. The van der Waals surface area contributed by atoms with Crippen LogP contribution in [-0.4, -0.2) is 4.99 Å². The van der Waals surface area contributed by atoms with Gasteiger partial charge in [-0.3, -0.25) is 0 Å². The van der Waals surface area contributed by atoms with Gasteiger partial charge in [0.25, 0.3) is 0 Å². The smallest absolute Gasteiger partial charge is 0.128 e. The maximum Gasteiger partial charge on any atom is 0.128 e. The molecule has 2 aromatic rings. The average molecular weight is 340 g/mol. The van der Waals surface area contributed by atoms with E-state index in [0.717, 1.165) is 10.0 Å². The number of ether oxygens (including phenoxy) is 1. The number of thiocarbonyl (C=S) groups is 1. The maximum absolute atomic E-state index is 13.2. The van der Waals surface area contributed by atoms with Crippen molar-refractivity contribution in [1.82, 2.24) is 0 Å². The lowest BCUT2D eigenvalue weighted by atomic mass is 10.2. The first kappa shape index (κ1) is 14.0. The second-order valence-electron chi connectivity index (χ2n) is 4.02. The van der Waals surface area contributed by atoms with Crippen molar-refractivity contribution < 1.29 is 9.13 Å². The van der Waals surface area contributed by atoms with Crippen molar-refractivity contribution in [2.45, 2.75) is 6.92 Å². The zero-order valence-corrected chi connectivity index (χ0v) is 12.5. The Kier molecular flexibility index (Phi) is 4.17. The molecule has 0 aliphatic rings. The van der Waals surface area contributed by atoms with E-state index in [0.29, 0.717) is 22.1 Å². The van der Waals surface area contributed by atoms with Crippen LogP contribution in [0.5, 0.6) is 11.5 Å². The largest absolute Gasteiger partial charge is 0.457 e. The van der Waals surface area contributed by atoms with E-state index in [1.165, 1.54) is 6.07 Å². The molecule has 0 radical (unpaired) electrons. The fraction of sp³-hybridized carbons (Fsp3) is 0.0714. The van der Waals surface area contributed by atoms with Crippen LogP contribution in [0, 0.1) is 12.7 Å². The van der Waals surface area contributed by atoms with Crippen molar-refractivity contribution in [3.05, 3.63) is 57.8 Å². The molecule has 0 aromatic heterocycles. The summed E-state index contributed by atoms with van der Waals surface area (Å²) in [7, 11) is 0. The van der Waals surface area contributed by atoms with E-state index in [-0.39, 0.29) is 5.82 Å². The van der Waals surface area contributed by atoms with Gasteiger partial charge in [-0.1, -0.05) is 12.2 Å². The van der Waals surface area contributed by atoms with E-state index in [4.69, 9.17) is 22.7 Å². The number of hydrogen-bond donors (Lipinski definition) is 1. The number of aryl methyl sites for hydroxylation is 1. The Morgan fingerprint density at radius 3 is 2.42 bits per heavy atom. The fourth-order valence-corrected chi connectivity index (χ4v) is 2.46. The average Bonchev–Trinajstić information content (AvgIpc) is 2.33. The number of halogens is 2. The fourth-order valence-electron chi connectivity index (χ4n) is 1.58. The summed E-state index contributed by atoms with van der Waals surface area (Å²) < 4.78 is 19.6. The second kappa shape index (κ2) is 5.67. The highest BCUT2D eigenvalue weighted by Crippen LogP contribution is 2.28. The van der Waals surface area contributed by atoms with E-state index in [2.05, 4.69) is 15.9 Å². The summed E-state index contributed by atoms with van der Waals surface area (Å²) in [6, 6.07) is 9.91. The molecule has 0 saturated carbocycles. The highest BCUT2D eigenvalue weighted by atomic mass is 79.9. The number of benzene rings is 2. The minimum atomic E-state index is -0.252. The Morgan fingerprint density at radius 1 is 1.21 bits per heavy atom. The molecule has 0 aliphatic heterocycles. The third-order valence-electron chi connectivity index (χ3n) is 2.57. The molecule has 98 valence electrons. The quantitative estimate of drug-likeness (QED) is 0.845. The standard InChI is InChI=1S/C14H11BrFNOS/c1-8-6-9(3-5-13(8)16)18-10-2-4-11(14(17)19)12(15)7-10/h2-7H,1H3,(H2,17,19). The Balaban J connectivity index is 2.26. The van der Waals surface area contributed by atoms with Crippen LogP contribution in [0.15, 0.2) is 40.9 Å². The van der Waals surface area contributed by atoms with Crippen molar-refractivity contribution in [3.8, 4) is 11.5 Å². The first-order valence-electron chi connectivity index (χ1n) is 5.51. The van der Waals surface area contributed by atoms with Gasteiger partial charge >= 0.3 is 0 Å². The van der Waals surface area contributed by atoms with Crippen LogP contribution in [0.1, 0.15) is 11.1 Å². The monoisotopic (exact) mass is 339 g/mol. The van der Waals surface area contributed by atoms with E-state index >= 15 is 0 Å². The first-order chi connectivity index (χ1) is 8.97. The van der Waals surface area contributed by atoms with Crippen molar-refractivity contribution in [2.24, 2.45) is 5.73 Å². The summed E-state index contributed by atoms with van der Waals surface area (Å²) >= 11 is 8.30. The van der Waals surface area contributed by atoms with Gasteiger partial charge in [0.05, 0.1) is 0 Å². The highest BCUT2D eigenvalue weighted by Gasteiger charge is 2.06. The SMILES string of the molecule is Cc1cc(Oc2ccc(C(N)=S)c(Br)c2)ccc1F. The van der Waals surface area contributed by atoms with Gasteiger partial charge in [-0.25, -0.2) is 4.39 Å². The topological polar surface area (TPSA) is 35.2 Å². The molecule has 0 saturated heterocycles. The molecule has 0 amide bonds. The molecule has 0 heterocycles. The van der Waals surface area contributed by atoms with Crippen molar-refractivity contribution in [2.75, 3.05) is 0 Å². The van der Waals surface area contributed by atoms with Gasteiger partial charge < -0.3 is 10.5 Å². The Labute approximate surface area is 124 Å². The predicted molar refractivity (Wildman–Crippen MR) is 81.2 cm³/mol. The van der Waals surface area contributed by atoms with E-state index < -0.39 is 0 Å². The van der Waals surface area contributed by atoms with Gasteiger partial charge in [-0.15, -0.1) is 0 Å². The first-order valence-corrected chi connectivity index (χ1v) is 6.71. The molecule has 0 bridgehead atoms. The molecular formula is C14H11BrFNOS. The van der Waals surface area contributed by atoms with Crippen LogP contribution in [0.3, 0.4) is 0 Å². The molecule has 0 unspecified atom stereocenters. The molecule has 5 heteroatoms.